The van der Waals surface area contributed by atoms with E-state index in [9.17, 15) is 0 Å². The number of hydrogen-bond donors (Lipinski definition) is 1. The van der Waals surface area contributed by atoms with Crippen LogP contribution >= 0.6 is 0 Å². The first-order valence-corrected chi connectivity index (χ1v) is 5.73. The molecule has 4 nitrogen and oxygen atoms in total. The minimum Gasteiger partial charge on any atom is -0.384 e. The molecule has 4 heteroatoms. The fourth-order valence-electron chi connectivity index (χ4n) is 1.79. The van der Waals surface area contributed by atoms with Crippen molar-refractivity contribution in [2.45, 2.75) is 45.1 Å². The van der Waals surface area contributed by atoms with E-state index in [1.807, 2.05) is 6.07 Å². The number of nitrogens with zero attached hydrogens (tertiary/aromatic N) is 2. The van der Waals surface area contributed by atoms with E-state index in [1.54, 1.807) is 0 Å². The van der Waals surface area contributed by atoms with E-state index < -0.39 is 0 Å². The lowest BCUT2D eigenvalue weighted by molar-refractivity contribution is 0.105. The molecule has 0 saturated carbocycles. The molecule has 1 fully saturated rings. The summed E-state index contributed by atoms with van der Waals surface area (Å²) < 4.78 is 5.58. The number of nitrogens with two attached hydrogens (primary N) is 1. The summed E-state index contributed by atoms with van der Waals surface area (Å²) in [4.78, 5) is 8.84. The molecule has 1 aliphatic rings. The van der Waals surface area contributed by atoms with Crippen LogP contribution in [0.15, 0.2) is 6.07 Å². The number of ether oxygens (including phenoxy) is 1. The lowest BCUT2D eigenvalue weighted by Gasteiger charge is -2.19. The Bertz CT molecular complexity index is 378. The first-order valence-electron chi connectivity index (χ1n) is 5.73. The Morgan fingerprint density at radius 3 is 2.69 bits per heavy atom. The van der Waals surface area contributed by atoms with Crippen molar-refractivity contribution >= 4 is 5.82 Å². The molecular formula is C12H19N3O. The van der Waals surface area contributed by atoms with Gasteiger partial charge < -0.3 is 10.5 Å². The molecule has 1 unspecified atom stereocenters. The molecule has 1 aromatic rings. The van der Waals surface area contributed by atoms with Crippen LogP contribution in [0, 0.1) is 0 Å². The predicted octanol–water partition coefficient (Wildman–Crippen LogP) is 2.21. The molecule has 1 saturated heterocycles. The van der Waals surface area contributed by atoms with Crippen LogP contribution in [0.4, 0.5) is 5.82 Å². The molecular weight excluding hydrogens is 202 g/mol. The summed E-state index contributed by atoms with van der Waals surface area (Å²) in [5, 5.41) is 0. The zero-order valence-corrected chi connectivity index (χ0v) is 10.2. The van der Waals surface area contributed by atoms with E-state index >= 15 is 0 Å². The zero-order chi connectivity index (χ0) is 11.8. The van der Waals surface area contributed by atoms with E-state index in [-0.39, 0.29) is 11.5 Å². The lowest BCUT2D eigenvalue weighted by atomic mass is 9.92. The maximum absolute atomic E-state index is 5.82. The normalized spacial score (nSPS) is 21.3. The van der Waals surface area contributed by atoms with Gasteiger partial charge in [-0.25, -0.2) is 9.97 Å². The number of rotatable bonds is 1. The third-order valence-electron chi connectivity index (χ3n) is 2.75. The second-order valence-electron chi connectivity index (χ2n) is 5.29. The lowest BCUT2D eigenvalue weighted by Crippen LogP contribution is -2.17. The second kappa shape index (κ2) is 4.01. The van der Waals surface area contributed by atoms with Crippen LogP contribution in [0.1, 0.15) is 51.2 Å². The van der Waals surface area contributed by atoms with Crippen LogP contribution in [0.3, 0.4) is 0 Å². The van der Waals surface area contributed by atoms with Crippen molar-refractivity contribution < 1.29 is 4.74 Å². The highest BCUT2D eigenvalue weighted by Gasteiger charge is 2.24. The Balaban J connectivity index is 2.35. The van der Waals surface area contributed by atoms with Crippen LogP contribution in [0.2, 0.25) is 0 Å². The van der Waals surface area contributed by atoms with E-state index in [1.165, 1.54) is 0 Å². The molecule has 0 aliphatic carbocycles. The number of aromatic nitrogens is 2. The van der Waals surface area contributed by atoms with Gasteiger partial charge in [-0.15, -0.1) is 0 Å². The standard InChI is InChI=1S/C12H19N3O/c1-12(2,3)9-7-10(13)15-11(14-9)8-5-4-6-16-8/h7-8H,4-6H2,1-3H3,(H2,13,14,15). The third-order valence-corrected chi connectivity index (χ3v) is 2.75. The van der Waals surface area contributed by atoms with Gasteiger partial charge in [0.2, 0.25) is 0 Å². The first-order chi connectivity index (χ1) is 7.47. The first kappa shape index (κ1) is 11.3. The van der Waals surface area contributed by atoms with E-state index in [4.69, 9.17) is 10.5 Å². The quantitative estimate of drug-likeness (QED) is 0.789. The summed E-state index contributed by atoms with van der Waals surface area (Å²) in [7, 11) is 0. The number of nitrogen functional groups attached to an aromatic ring is 1. The van der Waals surface area contributed by atoms with Gasteiger partial charge >= 0.3 is 0 Å². The predicted molar refractivity (Wildman–Crippen MR) is 63.1 cm³/mol. The van der Waals surface area contributed by atoms with Crippen LogP contribution in [0.25, 0.3) is 0 Å². The molecule has 16 heavy (non-hydrogen) atoms. The van der Waals surface area contributed by atoms with Gasteiger partial charge in [-0.2, -0.15) is 0 Å². The SMILES string of the molecule is CC(C)(C)c1cc(N)nc(C2CCCO2)n1. The Morgan fingerprint density at radius 1 is 1.38 bits per heavy atom. The van der Waals surface area contributed by atoms with Gasteiger partial charge in [-0.1, -0.05) is 20.8 Å². The summed E-state index contributed by atoms with van der Waals surface area (Å²) in [6, 6.07) is 1.85. The molecule has 0 bridgehead atoms. The van der Waals surface area contributed by atoms with Gasteiger partial charge in [0.05, 0.1) is 5.69 Å². The van der Waals surface area contributed by atoms with Crippen molar-refractivity contribution in [3.8, 4) is 0 Å². The molecule has 0 aromatic carbocycles. The average Bonchev–Trinajstić information content (AvgIpc) is 2.68. The van der Waals surface area contributed by atoms with Gasteiger partial charge in [0, 0.05) is 18.1 Å². The third kappa shape index (κ3) is 2.32. The smallest absolute Gasteiger partial charge is 0.159 e. The van der Waals surface area contributed by atoms with Gasteiger partial charge in [0.15, 0.2) is 5.82 Å². The number of anilines is 1. The van der Waals surface area contributed by atoms with Crippen LogP contribution in [-0.2, 0) is 10.2 Å². The molecule has 0 spiro atoms. The average molecular weight is 221 g/mol. The van der Waals surface area contributed by atoms with E-state index in [2.05, 4.69) is 30.7 Å². The molecule has 1 aromatic heterocycles. The number of hydrogen-bond acceptors (Lipinski definition) is 4. The van der Waals surface area contributed by atoms with Crippen molar-refractivity contribution in [2.24, 2.45) is 0 Å². The largest absolute Gasteiger partial charge is 0.384 e. The Hall–Kier alpha value is -1.16. The molecule has 2 heterocycles. The van der Waals surface area contributed by atoms with Crippen molar-refractivity contribution in [3.63, 3.8) is 0 Å². The zero-order valence-electron chi connectivity index (χ0n) is 10.2. The highest BCUT2D eigenvalue weighted by molar-refractivity contribution is 5.33. The van der Waals surface area contributed by atoms with Crippen molar-refractivity contribution in [3.05, 3.63) is 17.6 Å². The van der Waals surface area contributed by atoms with Crippen LogP contribution in [0.5, 0.6) is 0 Å². The van der Waals surface area contributed by atoms with Gasteiger partial charge in [0.25, 0.3) is 0 Å². The van der Waals surface area contributed by atoms with Crippen molar-refractivity contribution in [1.29, 1.82) is 0 Å². The van der Waals surface area contributed by atoms with Gasteiger partial charge in [0.1, 0.15) is 11.9 Å². The maximum Gasteiger partial charge on any atom is 0.159 e. The Kier molecular flexibility index (Phi) is 2.84. The summed E-state index contributed by atoms with van der Waals surface area (Å²) in [5.74, 6) is 1.27. The molecule has 2 rings (SSSR count). The molecule has 2 N–H and O–H groups in total. The molecule has 0 amide bonds. The minimum absolute atomic E-state index is 0.00951. The summed E-state index contributed by atoms with van der Waals surface area (Å²) in [6.07, 6.45) is 2.10. The van der Waals surface area contributed by atoms with E-state index in [0.717, 1.165) is 31.0 Å². The molecule has 1 atom stereocenters. The van der Waals surface area contributed by atoms with Crippen molar-refractivity contribution in [1.82, 2.24) is 9.97 Å². The highest BCUT2D eigenvalue weighted by Crippen LogP contribution is 2.29. The topological polar surface area (TPSA) is 61.0 Å². The van der Waals surface area contributed by atoms with Crippen molar-refractivity contribution in [2.75, 3.05) is 12.3 Å². The minimum atomic E-state index is -0.00951. The molecule has 0 radical (unpaired) electrons. The summed E-state index contributed by atoms with van der Waals surface area (Å²) in [6.45, 7) is 7.16. The van der Waals surface area contributed by atoms with Gasteiger partial charge in [-0.3, -0.25) is 0 Å². The maximum atomic E-state index is 5.82. The summed E-state index contributed by atoms with van der Waals surface area (Å²) in [5.41, 5.74) is 6.78. The fourth-order valence-corrected chi connectivity index (χ4v) is 1.79. The monoisotopic (exact) mass is 221 g/mol. The summed E-state index contributed by atoms with van der Waals surface area (Å²) >= 11 is 0. The van der Waals surface area contributed by atoms with Crippen LogP contribution in [-0.4, -0.2) is 16.6 Å². The van der Waals surface area contributed by atoms with Crippen LogP contribution < -0.4 is 5.73 Å². The van der Waals surface area contributed by atoms with Gasteiger partial charge in [-0.05, 0) is 12.8 Å². The molecule has 88 valence electrons. The fraction of sp³-hybridized carbons (Fsp3) is 0.667. The highest BCUT2D eigenvalue weighted by atomic mass is 16.5. The Labute approximate surface area is 96.2 Å². The second-order valence-corrected chi connectivity index (χ2v) is 5.29. The molecule has 1 aliphatic heterocycles. The van der Waals surface area contributed by atoms with E-state index in [0.29, 0.717) is 5.82 Å². The Morgan fingerprint density at radius 2 is 2.12 bits per heavy atom.